The molecule has 1 N–H and O–H groups in total. The van der Waals surface area contributed by atoms with Gasteiger partial charge >= 0.3 is 0 Å². The second kappa shape index (κ2) is 9.30. The monoisotopic (exact) mass is 434 g/mol. The fourth-order valence-electron chi connectivity index (χ4n) is 3.00. The van der Waals surface area contributed by atoms with Crippen LogP contribution in [0.5, 0.6) is 0 Å². The summed E-state index contributed by atoms with van der Waals surface area (Å²) in [7, 11) is -3.63. The van der Waals surface area contributed by atoms with Gasteiger partial charge < -0.3 is 10.1 Å². The number of morpholine rings is 1. The fraction of sp³-hybridized carbons (Fsp3) is 0.381. The van der Waals surface area contributed by atoms with Crippen LogP contribution in [0, 0.1) is 13.8 Å². The van der Waals surface area contributed by atoms with Gasteiger partial charge in [-0.15, -0.1) is 11.8 Å². The van der Waals surface area contributed by atoms with E-state index in [1.54, 1.807) is 25.1 Å². The maximum Gasteiger partial charge on any atom is 0.243 e. The first kappa shape index (κ1) is 21.8. The summed E-state index contributed by atoms with van der Waals surface area (Å²) >= 11 is 1.46. The molecule has 0 aliphatic carbocycles. The van der Waals surface area contributed by atoms with E-state index in [9.17, 15) is 13.2 Å². The Balaban J connectivity index is 1.73. The minimum Gasteiger partial charge on any atom is -0.379 e. The molecule has 0 unspecified atom stereocenters. The van der Waals surface area contributed by atoms with E-state index >= 15 is 0 Å². The summed E-state index contributed by atoms with van der Waals surface area (Å²) in [5.41, 5.74) is 2.29. The number of benzene rings is 2. The third-order valence-electron chi connectivity index (χ3n) is 4.75. The van der Waals surface area contributed by atoms with Gasteiger partial charge in [0.25, 0.3) is 0 Å². The highest BCUT2D eigenvalue weighted by molar-refractivity contribution is 8.00. The largest absolute Gasteiger partial charge is 0.379 e. The predicted molar refractivity (Wildman–Crippen MR) is 116 cm³/mol. The standard InChI is InChI=1S/C21H26N2O4S2/c1-15-4-8-19(9-5-15)28-17(3)21(24)22-18-7-6-16(2)20(14-18)29(25,26)23-10-12-27-13-11-23/h4-9,14,17H,10-13H2,1-3H3,(H,22,24)/t17-/m0/s1. The van der Waals surface area contributed by atoms with Gasteiger partial charge in [0, 0.05) is 23.7 Å². The zero-order valence-electron chi connectivity index (χ0n) is 16.8. The molecule has 1 atom stereocenters. The summed E-state index contributed by atoms with van der Waals surface area (Å²) in [5, 5.41) is 2.53. The van der Waals surface area contributed by atoms with Crippen molar-refractivity contribution in [2.45, 2.75) is 35.8 Å². The van der Waals surface area contributed by atoms with Crippen molar-refractivity contribution in [2.75, 3.05) is 31.6 Å². The third-order valence-corrected chi connectivity index (χ3v) is 7.90. The number of ether oxygens (including phenoxy) is 1. The molecular formula is C21H26N2O4S2. The average Bonchev–Trinajstić information content (AvgIpc) is 2.71. The van der Waals surface area contributed by atoms with Crippen LogP contribution in [0.4, 0.5) is 5.69 Å². The Morgan fingerprint density at radius 3 is 2.41 bits per heavy atom. The first-order valence-corrected chi connectivity index (χ1v) is 11.8. The van der Waals surface area contributed by atoms with Crippen LogP contribution in [-0.4, -0.2) is 50.2 Å². The molecular weight excluding hydrogens is 408 g/mol. The van der Waals surface area contributed by atoms with Crippen LogP contribution < -0.4 is 5.32 Å². The summed E-state index contributed by atoms with van der Waals surface area (Å²) in [5.74, 6) is -0.172. The molecule has 8 heteroatoms. The van der Waals surface area contributed by atoms with Gasteiger partial charge in [0.1, 0.15) is 0 Å². The number of carbonyl (C=O) groups excluding carboxylic acids is 1. The SMILES string of the molecule is Cc1ccc(S[C@@H](C)C(=O)Nc2ccc(C)c(S(=O)(=O)N3CCOCC3)c2)cc1. The van der Waals surface area contributed by atoms with Gasteiger partial charge in [-0.3, -0.25) is 4.79 Å². The minimum absolute atomic E-state index is 0.172. The van der Waals surface area contributed by atoms with Crippen molar-refractivity contribution in [1.29, 1.82) is 0 Å². The number of anilines is 1. The average molecular weight is 435 g/mol. The normalized spacial score (nSPS) is 16.4. The third kappa shape index (κ3) is 5.39. The summed E-state index contributed by atoms with van der Waals surface area (Å²) in [4.78, 5) is 13.9. The highest BCUT2D eigenvalue weighted by atomic mass is 32.2. The quantitative estimate of drug-likeness (QED) is 0.705. The molecule has 0 bridgehead atoms. The van der Waals surface area contributed by atoms with Gasteiger partial charge in [0.15, 0.2) is 0 Å². The molecule has 1 fully saturated rings. The Morgan fingerprint density at radius 2 is 1.76 bits per heavy atom. The van der Waals surface area contributed by atoms with Crippen molar-refractivity contribution in [1.82, 2.24) is 4.31 Å². The van der Waals surface area contributed by atoms with E-state index in [0.717, 1.165) is 4.90 Å². The van der Waals surface area contributed by atoms with Crippen LogP contribution in [0.15, 0.2) is 52.3 Å². The summed E-state index contributed by atoms with van der Waals surface area (Å²) < 4.78 is 32.7. The zero-order valence-corrected chi connectivity index (χ0v) is 18.5. The molecule has 29 heavy (non-hydrogen) atoms. The number of carbonyl (C=O) groups is 1. The van der Waals surface area contributed by atoms with E-state index < -0.39 is 10.0 Å². The molecule has 1 aliphatic heterocycles. The van der Waals surface area contributed by atoms with Crippen LogP contribution in [0.3, 0.4) is 0 Å². The molecule has 1 amide bonds. The lowest BCUT2D eigenvalue weighted by Gasteiger charge is -2.27. The summed E-state index contributed by atoms with van der Waals surface area (Å²) in [6.45, 7) is 7.06. The van der Waals surface area contributed by atoms with Crippen molar-refractivity contribution in [2.24, 2.45) is 0 Å². The smallest absolute Gasteiger partial charge is 0.243 e. The topological polar surface area (TPSA) is 75.7 Å². The Labute approximate surface area is 176 Å². The first-order chi connectivity index (χ1) is 13.8. The minimum atomic E-state index is -3.63. The van der Waals surface area contributed by atoms with Gasteiger partial charge in [-0.1, -0.05) is 23.8 Å². The number of aryl methyl sites for hydroxylation is 2. The van der Waals surface area contributed by atoms with Gasteiger partial charge in [-0.05, 0) is 50.6 Å². The zero-order chi connectivity index (χ0) is 21.0. The first-order valence-electron chi connectivity index (χ1n) is 9.50. The Morgan fingerprint density at radius 1 is 1.10 bits per heavy atom. The molecule has 156 valence electrons. The number of nitrogens with one attached hydrogen (secondary N) is 1. The van der Waals surface area contributed by atoms with Crippen LogP contribution in [-0.2, 0) is 19.6 Å². The second-order valence-electron chi connectivity index (χ2n) is 7.06. The van der Waals surface area contributed by atoms with E-state index in [2.05, 4.69) is 5.32 Å². The van der Waals surface area contributed by atoms with Crippen molar-refractivity contribution in [3.63, 3.8) is 0 Å². The van der Waals surface area contributed by atoms with E-state index in [1.807, 2.05) is 38.1 Å². The van der Waals surface area contributed by atoms with Gasteiger partial charge in [-0.25, -0.2) is 8.42 Å². The lowest BCUT2D eigenvalue weighted by Crippen LogP contribution is -2.40. The van der Waals surface area contributed by atoms with Crippen molar-refractivity contribution >= 4 is 33.4 Å². The molecule has 0 saturated carbocycles. The number of hydrogen-bond acceptors (Lipinski definition) is 5. The van der Waals surface area contributed by atoms with E-state index in [-0.39, 0.29) is 16.1 Å². The Bertz CT molecular complexity index is 969. The Kier molecular flexibility index (Phi) is 7.00. The second-order valence-corrected chi connectivity index (χ2v) is 10.4. The molecule has 0 radical (unpaired) electrons. The van der Waals surface area contributed by atoms with Crippen LogP contribution in [0.1, 0.15) is 18.1 Å². The highest BCUT2D eigenvalue weighted by Crippen LogP contribution is 2.27. The number of sulfonamides is 1. The molecule has 2 aromatic carbocycles. The Hall–Kier alpha value is -1.87. The van der Waals surface area contributed by atoms with E-state index in [0.29, 0.717) is 37.6 Å². The summed E-state index contributed by atoms with van der Waals surface area (Å²) in [6, 6.07) is 13.0. The maximum atomic E-state index is 13.0. The van der Waals surface area contributed by atoms with Gasteiger partial charge in [-0.2, -0.15) is 4.31 Å². The molecule has 0 aromatic heterocycles. The van der Waals surface area contributed by atoms with Gasteiger partial charge in [0.05, 0.1) is 23.4 Å². The lowest BCUT2D eigenvalue weighted by atomic mass is 10.2. The van der Waals surface area contributed by atoms with E-state index in [1.165, 1.54) is 21.6 Å². The number of thioether (sulfide) groups is 1. The van der Waals surface area contributed by atoms with Crippen LogP contribution >= 0.6 is 11.8 Å². The fourth-order valence-corrected chi connectivity index (χ4v) is 5.53. The lowest BCUT2D eigenvalue weighted by molar-refractivity contribution is -0.115. The number of amides is 1. The molecule has 2 aromatic rings. The molecule has 1 heterocycles. The van der Waals surface area contributed by atoms with Crippen molar-refractivity contribution in [3.8, 4) is 0 Å². The molecule has 6 nitrogen and oxygen atoms in total. The van der Waals surface area contributed by atoms with Crippen molar-refractivity contribution in [3.05, 3.63) is 53.6 Å². The van der Waals surface area contributed by atoms with Crippen molar-refractivity contribution < 1.29 is 17.9 Å². The number of nitrogens with zero attached hydrogens (tertiary/aromatic N) is 1. The maximum absolute atomic E-state index is 13.0. The van der Waals surface area contributed by atoms with Crippen LogP contribution in [0.25, 0.3) is 0 Å². The molecule has 0 spiro atoms. The molecule has 3 rings (SSSR count). The molecule has 1 saturated heterocycles. The predicted octanol–water partition coefficient (Wildman–Crippen LogP) is 3.44. The number of hydrogen-bond donors (Lipinski definition) is 1. The number of rotatable bonds is 6. The van der Waals surface area contributed by atoms with Gasteiger partial charge in [0.2, 0.25) is 15.9 Å². The highest BCUT2D eigenvalue weighted by Gasteiger charge is 2.28. The van der Waals surface area contributed by atoms with Crippen LogP contribution in [0.2, 0.25) is 0 Å². The molecule has 1 aliphatic rings. The van der Waals surface area contributed by atoms with E-state index in [4.69, 9.17) is 4.74 Å². The summed E-state index contributed by atoms with van der Waals surface area (Å²) in [6.07, 6.45) is 0.